The third-order valence-electron chi connectivity index (χ3n) is 5.55. The third kappa shape index (κ3) is 1.14. The van der Waals surface area contributed by atoms with E-state index in [-0.39, 0.29) is 23.0 Å². The summed E-state index contributed by atoms with van der Waals surface area (Å²) in [7, 11) is 0. The van der Waals surface area contributed by atoms with Crippen LogP contribution in [-0.2, 0) is 4.74 Å². The number of rotatable bonds is 1. The highest BCUT2D eigenvalue weighted by Gasteiger charge is 2.69. The largest absolute Gasteiger partial charge is 0.469 e. The van der Waals surface area contributed by atoms with E-state index >= 15 is 0 Å². The Morgan fingerprint density at radius 2 is 2.24 bits per heavy atom. The lowest BCUT2D eigenvalue weighted by Crippen LogP contribution is -2.40. The van der Waals surface area contributed by atoms with E-state index in [1.54, 1.807) is 0 Å². The molecule has 0 amide bonds. The Kier molecular flexibility index (Phi) is 1.88. The van der Waals surface area contributed by atoms with Gasteiger partial charge in [-0.2, -0.15) is 0 Å². The molecule has 2 saturated carbocycles. The third-order valence-corrected chi connectivity index (χ3v) is 5.55. The standard InChI is InChI=1S/C12H18N2O3/c1-11(2)7-4-5-12(11,3)10-9(7)13-8(17-10)6-14(15)16/h6-7,9-10,13H,4-5H2,1-3H3/b8-6+/t7-,9-,10-,12+/m1/s1. The summed E-state index contributed by atoms with van der Waals surface area (Å²) in [5.74, 6) is 0.883. The maximum absolute atomic E-state index is 10.5. The molecule has 5 heteroatoms. The number of nitrogens with one attached hydrogen (secondary N) is 1. The van der Waals surface area contributed by atoms with Crippen LogP contribution >= 0.6 is 0 Å². The monoisotopic (exact) mass is 238 g/mol. The van der Waals surface area contributed by atoms with Crippen molar-refractivity contribution >= 4 is 0 Å². The Balaban J connectivity index is 1.93. The van der Waals surface area contributed by atoms with Gasteiger partial charge in [0.05, 0.1) is 11.0 Å². The van der Waals surface area contributed by atoms with E-state index in [9.17, 15) is 10.1 Å². The minimum atomic E-state index is -0.460. The van der Waals surface area contributed by atoms with E-state index in [2.05, 4.69) is 26.1 Å². The van der Waals surface area contributed by atoms with Crippen molar-refractivity contribution in [3.63, 3.8) is 0 Å². The molecule has 0 aromatic carbocycles. The number of fused-ring (bicyclic) bond motifs is 5. The molecule has 3 rings (SSSR count). The number of ether oxygens (including phenoxy) is 1. The SMILES string of the molecule is CC1(C)[C@@H]2CC[C@@]1(C)[C@@H]1O/C(=C/[N+](=O)[O-])N[C@H]21. The van der Waals surface area contributed by atoms with Crippen molar-refractivity contribution in [2.45, 2.75) is 45.8 Å². The van der Waals surface area contributed by atoms with Crippen LogP contribution in [0.3, 0.4) is 0 Å². The molecule has 3 aliphatic rings. The van der Waals surface area contributed by atoms with Gasteiger partial charge in [0.25, 0.3) is 12.1 Å². The van der Waals surface area contributed by atoms with E-state index in [0.717, 1.165) is 12.6 Å². The molecule has 2 bridgehead atoms. The van der Waals surface area contributed by atoms with Gasteiger partial charge in [0, 0.05) is 5.41 Å². The summed E-state index contributed by atoms with van der Waals surface area (Å²) in [4.78, 5) is 10.0. The number of hydrogen-bond acceptors (Lipinski definition) is 4. The average molecular weight is 238 g/mol. The summed E-state index contributed by atoms with van der Waals surface area (Å²) in [5.41, 5.74) is 0.372. The number of nitrogens with zero attached hydrogens (tertiary/aromatic N) is 1. The highest BCUT2D eigenvalue weighted by Crippen LogP contribution is 2.67. The summed E-state index contributed by atoms with van der Waals surface area (Å²) in [6, 6.07) is 0.245. The van der Waals surface area contributed by atoms with E-state index in [1.165, 1.54) is 6.42 Å². The average Bonchev–Trinajstić information content (AvgIpc) is 2.73. The van der Waals surface area contributed by atoms with Gasteiger partial charge in [0.15, 0.2) is 0 Å². The summed E-state index contributed by atoms with van der Waals surface area (Å²) < 4.78 is 5.78. The first kappa shape index (κ1) is 10.9. The number of hydrogen-bond donors (Lipinski definition) is 1. The molecule has 3 fully saturated rings. The van der Waals surface area contributed by atoms with E-state index in [1.807, 2.05) is 0 Å². The van der Waals surface area contributed by atoms with E-state index in [0.29, 0.717) is 11.8 Å². The summed E-state index contributed by atoms with van der Waals surface area (Å²) in [6.45, 7) is 6.85. The van der Waals surface area contributed by atoms with Gasteiger partial charge in [-0.1, -0.05) is 20.8 Å². The lowest BCUT2D eigenvalue weighted by atomic mass is 9.70. The van der Waals surface area contributed by atoms with Crippen LogP contribution in [0.2, 0.25) is 0 Å². The Morgan fingerprint density at radius 3 is 2.82 bits per heavy atom. The van der Waals surface area contributed by atoms with Crippen LogP contribution in [0.4, 0.5) is 0 Å². The van der Waals surface area contributed by atoms with Gasteiger partial charge in [-0.25, -0.2) is 0 Å². The maximum Gasteiger partial charge on any atom is 0.293 e. The summed E-state index contributed by atoms with van der Waals surface area (Å²) in [5, 5.41) is 13.7. The lowest BCUT2D eigenvalue weighted by molar-refractivity contribution is -0.405. The maximum atomic E-state index is 10.5. The van der Waals surface area contributed by atoms with Crippen LogP contribution in [0.15, 0.2) is 12.1 Å². The first-order valence-electron chi connectivity index (χ1n) is 6.15. The number of nitro groups is 1. The highest BCUT2D eigenvalue weighted by molar-refractivity contribution is 5.22. The van der Waals surface area contributed by atoms with Crippen molar-refractivity contribution in [2.24, 2.45) is 16.7 Å². The van der Waals surface area contributed by atoms with Crippen LogP contribution in [0, 0.1) is 26.9 Å². The van der Waals surface area contributed by atoms with Gasteiger partial charge in [0.2, 0.25) is 0 Å². The Morgan fingerprint density at radius 1 is 1.53 bits per heavy atom. The minimum Gasteiger partial charge on any atom is -0.469 e. The van der Waals surface area contributed by atoms with Gasteiger partial charge in [-0.05, 0) is 24.2 Å². The summed E-state index contributed by atoms with van der Waals surface area (Å²) in [6.07, 6.45) is 3.36. The molecule has 0 aromatic rings. The van der Waals surface area contributed by atoms with Crippen molar-refractivity contribution in [1.82, 2.24) is 5.32 Å². The quantitative estimate of drug-likeness (QED) is 0.559. The molecule has 94 valence electrons. The second-order valence-electron chi connectivity index (χ2n) is 6.27. The molecule has 5 nitrogen and oxygen atoms in total. The zero-order valence-electron chi connectivity index (χ0n) is 10.4. The minimum absolute atomic E-state index is 0.0856. The molecule has 1 N–H and O–H groups in total. The second kappa shape index (κ2) is 2.94. The zero-order valence-corrected chi connectivity index (χ0v) is 10.4. The molecule has 17 heavy (non-hydrogen) atoms. The van der Waals surface area contributed by atoms with Crippen LogP contribution < -0.4 is 5.32 Å². The van der Waals surface area contributed by atoms with Gasteiger partial charge < -0.3 is 10.1 Å². The molecule has 0 aromatic heterocycles. The highest BCUT2D eigenvalue weighted by atomic mass is 16.6. The topological polar surface area (TPSA) is 64.4 Å². The fourth-order valence-electron chi connectivity index (χ4n) is 4.18. The van der Waals surface area contributed by atoms with Gasteiger partial charge >= 0.3 is 0 Å². The first-order valence-corrected chi connectivity index (χ1v) is 6.15. The van der Waals surface area contributed by atoms with Crippen molar-refractivity contribution in [3.8, 4) is 0 Å². The van der Waals surface area contributed by atoms with Crippen LogP contribution in [0.5, 0.6) is 0 Å². The molecule has 1 heterocycles. The smallest absolute Gasteiger partial charge is 0.293 e. The molecule has 4 atom stereocenters. The fourth-order valence-corrected chi connectivity index (χ4v) is 4.18. The van der Waals surface area contributed by atoms with Crippen LogP contribution in [0.1, 0.15) is 33.6 Å². The lowest BCUT2D eigenvalue weighted by Gasteiger charge is -2.37. The molecule has 2 aliphatic carbocycles. The van der Waals surface area contributed by atoms with Gasteiger partial charge in [-0.3, -0.25) is 10.1 Å². The zero-order chi connectivity index (χ0) is 12.4. The van der Waals surface area contributed by atoms with Crippen molar-refractivity contribution in [1.29, 1.82) is 0 Å². The van der Waals surface area contributed by atoms with Crippen molar-refractivity contribution < 1.29 is 9.66 Å². The van der Waals surface area contributed by atoms with Crippen LogP contribution in [-0.4, -0.2) is 17.1 Å². The molecule has 0 spiro atoms. The first-order chi connectivity index (χ1) is 7.86. The predicted octanol–water partition coefficient (Wildman–Crippen LogP) is 1.88. The normalized spacial score (nSPS) is 47.7. The summed E-state index contributed by atoms with van der Waals surface area (Å²) >= 11 is 0. The molecule has 0 radical (unpaired) electrons. The van der Waals surface area contributed by atoms with Gasteiger partial charge in [-0.15, -0.1) is 0 Å². The Labute approximate surface area is 100 Å². The fraction of sp³-hybridized carbons (Fsp3) is 0.833. The van der Waals surface area contributed by atoms with Crippen molar-refractivity contribution in [3.05, 3.63) is 22.2 Å². The molecular weight excluding hydrogens is 220 g/mol. The molecule has 1 saturated heterocycles. The van der Waals surface area contributed by atoms with Crippen LogP contribution in [0.25, 0.3) is 0 Å². The Hall–Kier alpha value is -1.26. The second-order valence-corrected chi connectivity index (χ2v) is 6.27. The predicted molar refractivity (Wildman–Crippen MR) is 61.5 cm³/mol. The molecule has 1 aliphatic heterocycles. The molecule has 0 unspecified atom stereocenters. The van der Waals surface area contributed by atoms with E-state index in [4.69, 9.17) is 4.74 Å². The van der Waals surface area contributed by atoms with E-state index < -0.39 is 4.92 Å². The Bertz CT molecular complexity index is 418. The molecular formula is C12H18N2O3. The van der Waals surface area contributed by atoms with Crippen molar-refractivity contribution in [2.75, 3.05) is 0 Å². The van der Waals surface area contributed by atoms with Gasteiger partial charge in [0.1, 0.15) is 6.10 Å².